The Balaban J connectivity index is 2.66. The van der Waals surface area contributed by atoms with Gasteiger partial charge in [0.2, 0.25) is 5.91 Å². The molecule has 0 saturated carbocycles. The number of hydrogen-bond donors (Lipinski definition) is 2. The number of carbonyl (C=O) groups excluding carboxylic acids is 1. The third kappa shape index (κ3) is 4.54. The highest BCUT2D eigenvalue weighted by Gasteiger charge is 2.19. The highest BCUT2D eigenvalue weighted by molar-refractivity contribution is 9.10. The van der Waals surface area contributed by atoms with Gasteiger partial charge in [-0.1, -0.05) is 27.5 Å². The van der Waals surface area contributed by atoms with E-state index in [0.717, 1.165) is 4.47 Å². The van der Waals surface area contributed by atoms with Crippen LogP contribution in [-0.2, 0) is 9.59 Å². The van der Waals surface area contributed by atoms with Crippen LogP contribution < -0.4 is 10.1 Å². The number of carboxylic acids is 1. The predicted molar refractivity (Wildman–Crippen MR) is 69.9 cm³/mol. The summed E-state index contributed by atoms with van der Waals surface area (Å²) in [5.74, 6) is -1.25. The molecule has 0 aliphatic rings. The second kappa shape index (κ2) is 6.61. The lowest BCUT2D eigenvalue weighted by Gasteiger charge is -2.15. The molecule has 5 nitrogen and oxygen atoms in total. The van der Waals surface area contributed by atoms with Gasteiger partial charge in [0.15, 0.2) is 6.04 Å². The maximum Gasteiger partial charge on any atom is 0.329 e. The third-order valence-corrected chi connectivity index (χ3v) is 2.76. The second-order valence-electron chi connectivity index (χ2n) is 3.48. The minimum absolute atomic E-state index is 0.198. The molecule has 1 aromatic carbocycles. The van der Waals surface area contributed by atoms with Crippen molar-refractivity contribution in [1.29, 1.82) is 0 Å². The average molecular weight is 337 g/mol. The number of halogens is 2. The van der Waals surface area contributed by atoms with E-state index in [0.29, 0.717) is 10.8 Å². The number of ether oxygens (including phenoxy) is 1. The summed E-state index contributed by atoms with van der Waals surface area (Å²) >= 11 is 9.15. The summed E-state index contributed by atoms with van der Waals surface area (Å²) in [5, 5.41) is 11.5. The molecule has 0 aromatic heterocycles. The van der Waals surface area contributed by atoms with Crippen LogP contribution in [0.25, 0.3) is 0 Å². The Kier molecular flexibility index (Phi) is 5.43. The zero-order valence-corrected chi connectivity index (χ0v) is 11.8. The van der Waals surface area contributed by atoms with E-state index in [2.05, 4.69) is 21.2 Å². The zero-order chi connectivity index (χ0) is 13.7. The summed E-state index contributed by atoms with van der Waals surface area (Å²) in [6, 6.07) is 3.85. The van der Waals surface area contributed by atoms with Gasteiger partial charge in [-0.2, -0.15) is 0 Å². The number of hydrogen-bond acceptors (Lipinski definition) is 3. The predicted octanol–water partition coefficient (Wildman–Crippen LogP) is 2.07. The van der Waals surface area contributed by atoms with E-state index in [4.69, 9.17) is 21.4 Å². The lowest BCUT2D eigenvalue weighted by Crippen LogP contribution is -2.43. The van der Waals surface area contributed by atoms with E-state index in [-0.39, 0.29) is 6.61 Å². The SMILES string of the molecule is CC(=O)NC(COc1ccc(Br)cc1Cl)C(=O)O. The van der Waals surface area contributed by atoms with Gasteiger partial charge in [0.05, 0.1) is 5.02 Å². The Morgan fingerprint density at radius 3 is 2.72 bits per heavy atom. The van der Waals surface area contributed by atoms with Crippen LogP contribution in [0.5, 0.6) is 5.75 Å². The summed E-state index contributed by atoms with van der Waals surface area (Å²) in [5.41, 5.74) is 0. The molecule has 1 unspecified atom stereocenters. The lowest BCUT2D eigenvalue weighted by atomic mass is 10.3. The van der Waals surface area contributed by atoms with Crippen molar-refractivity contribution in [3.63, 3.8) is 0 Å². The Morgan fingerprint density at radius 1 is 1.56 bits per heavy atom. The first-order chi connectivity index (χ1) is 8.40. The van der Waals surface area contributed by atoms with E-state index < -0.39 is 17.9 Å². The first-order valence-electron chi connectivity index (χ1n) is 4.98. The molecule has 1 amide bonds. The Morgan fingerprint density at radius 2 is 2.22 bits per heavy atom. The molecule has 0 heterocycles. The van der Waals surface area contributed by atoms with E-state index in [1.807, 2.05) is 0 Å². The largest absolute Gasteiger partial charge is 0.489 e. The van der Waals surface area contributed by atoms with Gasteiger partial charge in [-0.05, 0) is 18.2 Å². The van der Waals surface area contributed by atoms with Crippen molar-refractivity contribution in [2.24, 2.45) is 0 Å². The first-order valence-corrected chi connectivity index (χ1v) is 6.15. The minimum atomic E-state index is -1.17. The van der Waals surface area contributed by atoms with Crippen LogP contribution in [0, 0.1) is 0 Å². The molecule has 7 heteroatoms. The summed E-state index contributed by atoms with van der Waals surface area (Å²) in [7, 11) is 0. The standard InChI is InChI=1S/C11H11BrClNO4/c1-6(15)14-9(11(16)17)5-18-10-3-2-7(12)4-8(10)13/h2-4,9H,5H2,1H3,(H,14,15)(H,16,17). The van der Waals surface area contributed by atoms with Crippen molar-refractivity contribution in [2.45, 2.75) is 13.0 Å². The molecule has 1 atom stereocenters. The minimum Gasteiger partial charge on any atom is -0.489 e. The quantitative estimate of drug-likeness (QED) is 0.863. The fourth-order valence-corrected chi connectivity index (χ4v) is 1.91. The van der Waals surface area contributed by atoms with Crippen LogP contribution in [-0.4, -0.2) is 29.6 Å². The highest BCUT2D eigenvalue weighted by Crippen LogP contribution is 2.27. The smallest absolute Gasteiger partial charge is 0.329 e. The van der Waals surface area contributed by atoms with Crippen molar-refractivity contribution in [3.05, 3.63) is 27.7 Å². The summed E-state index contributed by atoms with van der Waals surface area (Å²) in [4.78, 5) is 21.7. The normalized spacial score (nSPS) is 11.7. The van der Waals surface area contributed by atoms with Crippen LogP contribution >= 0.6 is 27.5 Å². The van der Waals surface area contributed by atoms with Crippen molar-refractivity contribution >= 4 is 39.4 Å². The molecule has 0 aliphatic carbocycles. The number of benzene rings is 1. The third-order valence-electron chi connectivity index (χ3n) is 1.98. The Hall–Kier alpha value is -1.27. The molecular formula is C11H11BrClNO4. The van der Waals surface area contributed by atoms with Gasteiger partial charge in [-0.3, -0.25) is 4.79 Å². The molecule has 1 rings (SSSR count). The maximum atomic E-state index is 10.9. The molecular weight excluding hydrogens is 325 g/mol. The Bertz CT molecular complexity index is 466. The van der Waals surface area contributed by atoms with Crippen molar-refractivity contribution < 1.29 is 19.4 Å². The van der Waals surface area contributed by atoms with Gasteiger partial charge in [-0.15, -0.1) is 0 Å². The van der Waals surface area contributed by atoms with E-state index in [1.165, 1.54) is 6.92 Å². The van der Waals surface area contributed by atoms with Gasteiger partial charge in [0.1, 0.15) is 12.4 Å². The van der Waals surface area contributed by atoms with Crippen molar-refractivity contribution in [3.8, 4) is 5.75 Å². The van der Waals surface area contributed by atoms with Crippen LogP contribution in [0.15, 0.2) is 22.7 Å². The zero-order valence-electron chi connectivity index (χ0n) is 9.44. The van der Waals surface area contributed by atoms with Gasteiger partial charge in [0.25, 0.3) is 0 Å². The van der Waals surface area contributed by atoms with Crippen LogP contribution in [0.3, 0.4) is 0 Å². The maximum absolute atomic E-state index is 10.9. The highest BCUT2D eigenvalue weighted by atomic mass is 79.9. The number of rotatable bonds is 5. The van der Waals surface area contributed by atoms with Crippen LogP contribution in [0.1, 0.15) is 6.92 Å². The number of carbonyl (C=O) groups is 2. The topological polar surface area (TPSA) is 75.6 Å². The van der Waals surface area contributed by atoms with Crippen molar-refractivity contribution in [2.75, 3.05) is 6.61 Å². The van der Waals surface area contributed by atoms with E-state index in [9.17, 15) is 9.59 Å². The number of aliphatic carboxylic acids is 1. The number of amides is 1. The number of carboxylic acid groups (broad SMARTS) is 1. The first kappa shape index (κ1) is 14.8. The molecule has 2 N–H and O–H groups in total. The molecule has 0 spiro atoms. The second-order valence-corrected chi connectivity index (χ2v) is 4.80. The lowest BCUT2D eigenvalue weighted by molar-refractivity contribution is -0.142. The molecule has 1 aromatic rings. The number of nitrogens with one attached hydrogen (secondary N) is 1. The fraction of sp³-hybridized carbons (Fsp3) is 0.273. The average Bonchev–Trinajstić information content (AvgIpc) is 2.25. The van der Waals surface area contributed by atoms with Gasteiger partial charge < -0.3 is 15.2 Å². The van der Waals surface area contributed by atoms with Gasteiger partial charge >= 0.3 is 5.97 Å². The van der Waals surface area contributed by atoms with E-state index >= 15 is 0 Å². The fourth-order valence-electron chi connectivity index (χ4n) is 1.19. The summed E-state index contributed by atoms with van der Waals surface area (Å²) < 4.78 is 6.06. The van der Waals surface area contributed by atoms with Crippen molar-refractivity contribution in [1.82, 2.24) is 5.32 Å². The summed E-state index contributed by atoms with van der Waals surface area (Å²) in [6.45, 7) is 1.04. The Labute approximate surface area is 117 Å². The molecule has 0 bridgehead atoms. The van der Waals surface area contributed by atoms with Gasteiger partial charge in [0, 0.05) is 11.4 Å². The molecule has 0 aliphatic heterocycles. The van der Waals surface area contributed by atoms with Gasteiger partial charge in [-0.25, -0.2) is 4.79 Å². The molecule has 0 radical (unpaired) electrons. The monoisotopic (exact) mass is 335 g/mol. The molecule has 98 valence electrons. The molecule has 18 heavy (non-hydrogen) atoms. The van der Waals surface area contributed by atoms with E-state index in [1.54, 1.807) is 18.2 Å². The summed E-state index contributed by atoms with van der Waals surface area (Å²) in [6.07, 6.45) is 0. The molecule has 0 fully saturated rings. The molecule has 0 saturated heterocycles. The van der Waals surface area contributed by atoms with Crippen LogP contribution in [0.2, 0.25) is 5.02 Å². The van der Waals surface area contributed by atoms with Crippen LogP contribution in [0.4, 0.5) is 0 Å².